The molecular weight excluding hydrogens is 296 g/mol. The number of fused-ring (bicyclic) bond motifs is 3. The molecule has 0 atom stereocenters. The third-order valence-electron chi connectivity index (χ3n) is 4.16. The monoisotopic (exact) mass is 312 g/mol. The quantitative estimate of drug-likeness (QED) is 0.786. The van der Waals surface area contributed by atoms with E-state index in [1.165, 1.54) is 41.2 Å². The van der Waals surface area contributed by atoms with Crippen molar-refractivity contribution in [1.82, 2.24) is 19.7 Å². The first kappa shape index (κ1) is 13.6. The van der Waals surface area contributed by atoms with E-state index in [1.807, 2.05) is 22.8 Å². The van der Waals surface area contributed by atoms with Crippen molar-refractivity contribution in [3.05, 3.63) is 47.7 Å². The van der Waals surface area contributed by atoms with E-state index in [2.05, 4.69) is 21.2 Å². The van der Waals surface area contributed by atoms with Crippen LogP contribution in [0.5, 0.6) is 0 Å². The molecule has 0 radical (unpaired) electrons. The van der Waals surface area contributed by atoms with Gasteiger partial charge in [0.2, 0.25) is 0 Å². The van der Waals surface area contributed by atoms with Crippen LogP contribution >= 0.6 is 11.8 Å². The van der Waals surface area contributed by atoms with E-state index in [-0.39, 0.29) is 5.24 Å². The normalized spacial score (nSPS) is 14.2. The van der Waals surface area contributed by atoms with Crippen LogP contribution in [0.3, 0.4) is 0 Å². The number of thioether (sulfide) groups is 1. The predicted octanol–water partition coefficient (Wildman–Crippen LogP) is 3.54. The summed E-state index contributed by atoms with van der Waals surface area (Å²) < 4.78 is 1.91. The number of rotatable bonds is 2. The van der Waals surface area contributed by atoms with Gasteiger partial charge in [0.1, 0.15) is 12.2 Å². The summed E-state index contributed by atoms with van der Waals surface area (Å²) in [7, 11) is 0. The Morgan fingerprint density at radius 2 is 2.14 bits per heavy atom. The highest BCUT2D eigenvalue weighted by Gasteiger charge is 2.23. The van der Waals surface area contributed by atoms with Crippen LogP contribution in [0.25, 0.3) is 10.9 Å². The minimum atomic E-state index is 0.0655. The van der Waals surface area contributed by atoms with Crippen LogP contribution in [-0.4, -0.2) is 25.0 Å². The number of carbonyl (C=O) groups is 1. The number of hydrogen-bond acceptors (Lipinski definition) is 4. The molecule has 1 aliphatic rings. The summed E-state index contributed by atoms with van der Waals surface area (Å²) in [5.74, 6) is 1.24. The van der Waals surface area contributed by atoms with Gasteiger partial charge >= 0.3 is 0 Å². The smallest absolute Gasteiger partial charge is 0.275 e. The van der Waals surface area contributed by atoms with Crippen LogP contribution < -0.4 is 0 Å². The average molecular weight is 312 g/mol. The van der Waals surface area contributed by atoms with Gasteiger partial charge in [-0.25, -0.2) is 4.98 Å². The van der Waals surface area contributed by atoms with E-state index >= 15 is 0 Å². The summed E-state index contributed by atoms with van der Waals surface area (Å²) in [5.41, 5.74) is 3.59. The molecule has 22 heavy (non-hydrogen) atoms. The van der Waals surface area contributed by atoms with Crippen molar-refractivity contribution >= 4 is 27.9 Å². The topological polar surface area (TPSA) is 63.6 Å². The highest BCUT2D eigenvalue weighted by atomic mass is 32.2. The van der Waals surface area contributed by atoms with Gasteiger partial charge in [-0.15, -0.1) is 0 Å². The summed E-state index contributed by atoms with van der Waals surface area (Å²) >= 11 is 1.27. The lowest BCUT2D eigenvalue weighted by atomic mass is 9.96. The Bertz CT molecular complexity index is 822. The maximum Gasteiger partial charge on any atom is 0.290 e. The molecule has 1 N–H and O–H groups in total. The molecule has 0 saturated carbocycles. The Kier molecular flexibility index (Phi) is 3.46. The largest absolute Gasteiger partial charge is 0.290 e. The fourth-order valence-electron chi connectivity index (χ4n) is 3.20. The third kappa shape index (κ3) is 2.23. The van der Waals surface area contributed by atoms with Crippen LogP contribution in [0.2, 0.25) is 0 Å². The number of carbonyl (C=O) groups excluding carboxylic acids is 1. The zero-order chi connectivity index (χ0) is 14.9. The fraction of sp³-hybridized carbons (Fsp3) is 0.312. The lowest BCUT2D eigenvalue weighted by Crippen LogP contribution is -2.13. The molecule has 112 valence electrons. The summed E-state index contributed by atoms with van der Waals surface area (Å²) in [6.45, 7) is 0. The number of para-hydroxylation sites is 1. The molecule has 4 rings (SSSR count). The molecule has 1 aliphatic carbocycles. The molecule has 0 amide bonds. The van der Waals surface area contributed by atoms with Crippen molar-refractivity contribution < 1.29 is 4.79 Å². The van der Waals surface area contributed by atoms with Crippen LogP contribution in [-0.2, 0) is 18.6 Å². The van der Waals surface area contributed by atoms with Crippen molar-refractivity contribution in [2.24, 2.45) is 0 Å². The highest BCUT2D eigenvalue weighted by Crippen LogP contribution is 2.33. The summed E-state index contributed by atoms with van der Waals surface area (Å²) in [5, 5.41) is 7.90. The van der Waals surface area contributed by atoms with Gasteiger partial charge in [-0.2, -0.15) is 5.10 Å². The Hall–Kier alpha value is -2.08. The Balaban J connectivity index is 1.72. The predicted molar refractivity (Wildman–Crippen MR) is 87.1 cm³/mol. The number of nitrogens with zero attached hydrogens (tertiary/aromatic N) is 3. The number of hydrogen-bond donors (Lipinski definition) is 1. The third-order valence-corrected chi connectivity index (χ3v) is 5.01. The van der Waals surface area contributed by atoms with Crippen LogP contribution in [0.1, 0.15) is 29.9 Å². The van der Waals surface area contributed by atoms with Gasteiger partial charge in [0.15, 0.2) is 0 Å². The second-order valence-electron chi connectivity index (χ2n) is 5.47. The first-order valence-corrected chi connectivity index (χ1v) is 8.45. The van der Waals surface area contributed by atoms with Gasteiger partial charge in [-0.3, -0.25) is 14.5 Å². The molecule has 6 heteroatoms. The Labute approximate surface area is 132 Å². The van der Waals surface area contributed by atoms with Crippen molar-refractivity contribution in [2.75, 3.05) is 0 Å². The molecule has 0 spiro atoms. The molecule has 1 aromatic carbocycles. The first-order chi connectivity index (χ1) is 10.8. The summed E-state index contributed by atoms with van der Waals surface area (Å²) in [4.78, 5) is 16.8. The molecule has 0 bridgehead atoms. The summed E-state index contributed by atoms with van der Waals surface area (Å²) in [6.07, 6.45) is 5.89. The minimum Gasteiger partial charge on any atom is -0.275 e. The van der Waals surface area contributed by atoms with E-state index < -0.39 is 0 Å². The van der Waals surface area contributed by atoms with Crippen LogP contribution in [0, 0.1) is 0 Å². The van der Waals surface area contributed by atoms with E-state index in [9.17, 15) is 4.79 Å². The van der Waals surface area contributed by atoms with Crippen molar-refractivity contribution in [3.63, 3.8) is 0 Å². The highest BCUT2D eigenvalue weighted by molar-refractivity contribution is 8.12. The second-order valence-corrected chi connectivity index (χ2v) is 6.40. The standard InChI is InChI=1S/C16H16N4OS/c21-16(22-9-15-17-10-18-19-15)20-13-7-3-1-5-11(13)12-6-2-4-8-14(12)20/h1,3,5,7,10H,2,4,6,8-9H2,(H,17,18,19). The second kappa shape index (κ2) is 5.61. The molecule has 0 saturated heterocycles. The van der Waals surface area contributed by atoms with Gasteiger partial charge in [-0.1, -0.05) is 30.0 Å². The van der Waals surface area contributed by atoms with E-state index in [4.69, 9.17) is 0 Å². The number of aryl methyl sites for hydroxylation is 1. The number of aromatic amines is 1. The zero-order valence-corrected chi connectivity index (χ0v) is 12.9. The first-order valence-electron chi connectivity index (χ1n) is 7.47. The fourth-order valence-corrected chi connectivity index (χ4v) is 3.94. The van der Waals surface area contributed by atoms with Gasteiger partial charge in [-0.05, 0) is 37.3 Å². The lowest BCUT2D eigenvalue weighted by Gasteiger charge is -2.14. The lowest BCUT2D eigenvalue weighted by molar-refractivity contribution is 0.262. The average Bonchev–Trinajstić information content (AvgIpc) is 3.18. The molecular formula is C16H16N4OS. The van der Waals surface area contributed by atoms with Crippen LogP contribution in [0.4, 0.5) is 4.79 Å². The maximum atomic E-state index is 12.8. The Morgan fingerprint density at radius 3 is 3.00 bits per heavy atom. The van der Waals surface area contributed by atoms with Crippen molar-refractivity contribution in [1.29, 1.82) is 0 Å². The summed E-state index contributed by atoms with van der Waals surface area (Å²) in [6, 6.07) is 8.22. The molecule has 0 fully saturated rings. The van der Waals surface area contributed by atoms with Gasteiger partial charge in [0.25, 0.3) is 5.24 Å². The Morgan fingerprint density at radius 1 is 1.27 bits per heavy atom. The van der Waals surface area contributed by atoms with Crippen molar-refractivity contribution in [3.8, 4) is 0 Å². The van der Waals surface area contributed by atoms with Crippen LogP contribution in [0.15, 0.2) is 30.6 Å². The molecule has 3 aromatic rings. The minimum absolute atomic E-state index is 0.0655. The van der Waals surface area contributed by atoms with Gasteiger partial charge in [0, 0.05) is 11.1 Å². The number of nitrogens with one attached hydrogen (secondary N) is 1. The van der Waals surface area contributed by atoms with Gasteiger partial charge in [0.05, 0.1) is 11.3 Å². The maximum absolute atomic E-state index is 12.8. The molecule has 0 unspecified atom stereocenters. The van der Waals surface area contributed by atoms with E-state index in [0.29, 0.717) is 5.75 Å². The van der Waals surface area contributed by atoms with E-state index in [1.54, 1.807) is 0 Å². The molecule has 5 nitrogen and oxygen atoms in total. The molecule has 2 aromatic heterocycles. The number of aromatic nitrogens is 4. The molecule has 0 aliphatic heterocycles. The van der Waals surface area contributed by atoms with Gasteiger partial charge < -0.3 is 0 Å². The zero-order valence-electron chi connectivity index (χ0n) is 12.1. The van der Waals surface area contributed by atoms with Crippen molar-refractivity contribution in [2.45, 2.75) is 31.4 Å². The number of benzene rings is 1. The molecule has 2 heterocycles. The SMILES string of the molecule is O=C(SCc1ncn[nH]1)n1c2c(c3ccccc31)CCCC2. The van der Waals surface area contributed by atoms with E-state index in [0.717, 1.165) is 30.6 Å². The number of H-pyrrole nitrogens is 1.